The second kappa shape index (κ2) is 7.00. The molecule has 1 unspecified atom stereocenters. The minimum Gasteiger partial charge on any atom is -0.332 e. The highest BCUT2D eigenvalue weighted by atomic mass is 32.2. The van der Waals surface area contributed by atoms with Gasteiger partial charge in [0.2, 0.25) is 10.0 Å². The smallest absolute Gasteiger partial charge is 0.254 e. The first-order valence-corrected chi connectivity index (χ1v) is 11.0. The fourth-order valence-electron chi connectivity index (χ4n) is 4.03. The molecule has 2 fully saturated rings. The van der Waals surface area contributed by atoms with Gasteiger partial charge >= 0.3 is 0 Å². The largest absolute Gasteiger partial charge is 0.332 e. The Morgan fingerprint density at radius 3 is 2.52 bits per heavy atom. The molecular weight excluding hydrogens is 360 g/mol. The Hall–Kier alpha value is -2.34. The van der Waals surface area contributed by atoms with Gasteiger partial charge in [0.1, 0.15) is 0 Å². The quantitative estimate of drug-likeness (QED) is 0.814. The van der Waals surface area contributed by atoms with Crippen LogP contribution in [-0.2, 0) is 10.0 Å². The minimum absolute atomic E-state index is 0.0310. The van der Waals surface area contributed by atoms with Crippen LogP contribution in [0.1, 0.15) is 46.8 Å². The average molecular weight is 385 g/mol. The van der Waals surface area contributed by atoms with Gasteiger partial charge in [-0.1, -0.05) is 35.9 Å². The molecule has 2 heterocycles. The third kappa shape index (κ3) is 3.46. The normalized spacial score (nSPS) is 21.6. The van der Waals surface area contributed by atoms with E-state index in [1.807, 2.05) is 4.90 Å². The van der Waals surface area contributed by atoms with Crippen molar-refractivity contribution in [3.05, 3.63) is 65.2 Å². The molecule has 1 atom stereocenters. The molecule has 2 aliphatic rings. The lowest BCUT2D eigenvalue weighted by Crippen LogP contribution is -2.31. The number of anilines is 1. The molecular formula is C21H24N2O3S. The molecule has 2 aromatic carbocycles. The van der Waals surface area contributed by atoms with Gasteiger partial charge in [-0.05, 0) is 49.9 Å². The highest BCUT2D eigenvalue weighted by molar-refractivity contribution is 7.93. The number of amides is 1. The number of aryl methyl sites for hydroxylation is 1. The van der Waals surface area contributed by atoms with Gasteiger partial charge in [-0.15, -0.1) is 0 Å². The number of hydrogen-bond acceptors (Lipinski definition) is 3. The predicted molar refractivity (Wildman–Crippen MR) is 106 cm³/mol. The summed E-state index contributed by atoms with van der Waals surface area (Å²) in [6.45, 7) is 3.26. The number of sulfonamides is 1. The first-order valence-electron chi connectivity index (χ1n) is 9.44. The number of nitrogens with zero attached hydrogens (tertiary/aromatic N) is 2. The fraction of sp³-hybridized carbons (Fsp3) is 0.381. The number of hydrogen-bond donors (Lipinski definition) is 0. The van der Waals surface area contributed by atoms with Gasteiger partial charge in [-0.2, -0.15) is 0 Å². The zero-order valence-electron chi connectivity index (χ0n) is 15.5. The molecule has 5 nitrogen and oxygen atoms in total. The van der Waals surface area contributed by atoms with Crippen molar-refractivity contribution in [2.45, 2.75) is 32.2 Å². The number of carbonyl (C=O) groups is 1. The molecule has 0 saturated carbocycles. The molecule has 0 radical (unpaired) electrons. The van der Waals surface area contributed by atoms with E-state index in [0.717, 1.165) is 24.9 Å². The summed E-state index contributed by atoms with van der Waals surface area (Å²) < 4.78 is 25.8. The summed E-state index contributed by atoms with van der Waals surface area (Å²) in [5, 5.41) is 0. The molecule has 4 rings (SSSR count). The SMILES string of the molecule is Cc1ccc(C2CCCN2C(=O)c2cccc(N3CCCS3(=O)=O)c2)cc1. The summed E-state index contributed by atoms with van der Waals surface area (Å²) >= 11 is 0. The Kier molecular flexibility index (Phi) is 4.68. The molecule has 0 aliphatic carbocycles. The molecule has 142 valence electrons. The van der Waals surface area contributed by atoms with E-state index in [2.05, 4.69) is 31.2 Å². The first kappa shape index (κ1) is 18.0. The van der Waals surface area contributed by atoms with E-state index in [9.17, 15) is 13.2 Å². The second-order valence-corrected chi connectivity index (χ2v) is 9.37. The van der Waals surface area contributed by atoms with E-state index in [1.54, 1.807) is 24.3 Å². The second-order valence-electron chi connectivity index (χ2n) is 7.36. The maximum atomic E-state index is 13.2. The summed E-state index contributed by atoms with van der Waals surface area (Å²) in [7, 11) is -3.25. The van der Waals surface area contributed by atoms with Gasteiger partial charge < -0.3 is 4.90 Å². The zero-order chi connectivity index (χ0) is 19.0. The van der Waals surface area contributed by atoms with Crippen molar-refractivity contribution in [2.75, 3.05) is 23.1 Å². The van der Waals surface area contributed by atoms with Gasteiger partial charge in [0.05, 0.1) is 17.5 Å². The fourth-order valence-corrected chi connectivity index (χ4v) is 5.59. The van der Waals surface area contributed by atoms with Crippen LogP contribution in [-0.4, -0.2) is 38.1 Å². The van der Waals surface area contributed by atoms with E-state index in [-0.39, 0.29) is 17.7 Å². The van der Waals surface area contributed by atoms with E-state index >= 15 is 0 Å². The molecule has 0 aromatic heterocycles. The van der Waals surface area contributed by atoms with Crippen molar-refractivity contribution in [1.82, 2.24) is 4.90 Å². The lowest BCUT2D eigenvalue weighted by atomic mass is 10.0. The molecule has 2 saturated heterocycles. The van der Waals surface area contributed by atoms with E-state index in [4.69, 9.17) is 0 Å². The first-order chi connectivity index (χ1) is 13.0. The zero-order valence-corrected chi connectivity index (χ0v) is 16.3. The minimum atomic E-state index is -3.25. The van der Waals surface area contributed by atoms with Crippen LogP contribution in [0.25, 0.3) is 0 Å². The third-order valence-corrected chi connectivity index (χ3v) is 7.33. The van der Waals surface area contributed by atoms with Crippen LogP contribution in [0.2, 0.25) is 0 Å². The Balaban J connectivity index is 1.61. The highest BCUT2D eigenvalue weighted by Crippen LogP contribution is 2.34. The Labute approximate surface area is 160 Å². The topological polar surface area (TPSA) is 57.7 Å². The van der Waals surface area contributed by atoms with Crippen molar-refractivity contribution >= 4 is 21.6 Å². The third-order valence-electron chi connectivity index (χ3n) is 5.46. The van der Waals surface area contributed by atoms with Crippen LogP contribution in [0.15, 0.2) is 48.5 Å². The van der Waals surface area contributed by atoms with Crippen molar-refractivity contribution in [2.24, 2.45) is 0 Å². The molecule has 0 spiro atoms. The lowest BCUT2D eigenvalue weighted by molar-refractivity contribution is 0.0735. The van der Waals surface area contributed by atoms with Crippen LogP contribution in [0.5, 0.6) is 0 Å². The Bertz CT molecular complexity index is 954. The predicted octanol–water partition coefficient (Wildman–Crippen LogP) is 3.51. The van der Waals surface area contributed by atoms with Crippen LogP contribution in [0.4, 0.5) is 5.69 Å². The maximum absolute atomic E-state index is 13.2. The Morgan fingerprint density at radius 1 is 1.04 bits per heavy atom. The monoisotopic (exact) mass is 384 g/mol. The molecule has 2 aromatic rings. The molecule has 6 heteroatoms. The van der Waals surface area contributed by atoms with E-state index < -0.39 is 10.0 Å². The average Bonchev–Trinajstić information content (AvgIpc) is 3.28. The molecule has 1 amide bonds. The van der Waals surface area contributed by atoms with Crippen molar-refractivity contribution in [1.29, 1.82) is 0 Å². The van der Waals surface area contributed by atoms with Gasteiger partial charge in [0.15, 0.2) is 0 Å². The van der Waals surface area contributed by atoms with Crippen LogP contribution in [0.3, 0.4) is 0 Å². The summed E-state index contributed by atoms with van der Waals surface area (Å²) in [4.78, 5) is 15.1. The summed E-state index contributed by atoms with van der Waals surface area (Å²) in [6.07, 6.45) is 2.56. The molecule has 0 bridgehead atoms. The van der Waals surface area contributed by atoms with Crippen molar-refractivity contribution in [3.8, 4) is 0 Å². The maximum Gasteiger partial charge on any atom is 0.254 e. The number of rotatable bonds is 3. The van der Waals surface area contributed by atoms with Gasteiger partial charge in [-0.3, -0.25) is 9.10 Å². The van der Waals surface area contributed by atoms with Gasteiger partial charge in [-0.25, -0.2) is 8.42 Å². The van der Waals surface area contributed by atoms with Crippen molar-refractivity contribution in [3.63, 3.8) is 0 Å². The summed E-state index contributed by atoms with van der Waals surface area (Å²) in [6, 6.07) is 15.5. The standard InChI is InChI=1S/C21H24N2O3S/c1-16-8-10-17(11-9-16)20-7-3-12-22(20)21(24)18-5-2-6-19(15-18)23-13-4-14-27(23,25)26/h2,5-6,8-11,15,20H,3-4,7,12-14H2,1H3. The highest BCUT2D eigenvalue weighted by Gasteiger charge is 2.32. The Morgan fingerprint density at radius 2 is 1.81 bits per heavy atom. The number of likely N-dealkylation sites (tertiary alicyclic amines) is 1. The summed E-state index contributed by atoms with van der Waals surface area (Å²) in [5.41, 5.74) is 3.50. The molecule has 2 aliphatic heterocycles. The van der Waals surface area contributed by atoms with Gasteiger partial charge in [0, 0.05) is 18.7 Å². The van der Waals surface area contributed by atoms with Crippen LogP contribution >= 0.6 is 0 Å². The van der Waals surface area contributed by atoms with Crippen LogP contribution in [0, 0.1) is 6.92 Å². The molecule has 27 heavy (non-hydrogen) atoms. The molecule has 0 N–H and O–H groups in total. The van der Waals surface area contributed by atoms with Crippen LogP contribution < -0.4 is 4.31 Å². The van der Waals surface area contributed by atoms with E-state index in [0.29, 0.717) is 24.2 Å². The van der Waals surface area contributed by atoms with E-state index in [1.165, 1.54) is 9.87 Å². The number of benzene rings is 2. The van der Waals surface area contributed by atoms with Gasteiger partial charge in [0.25, 0.3) is 5.91 Å². The number of carbonyl (C=O) groups excluding carboxylic acids is 1. The van der Waals surface area contributed by atoms with Crippen molar-refractivity contribution < 1.29 is 13.2 Å². The lowest BCUT2D eigenvalue weighted by Gasteiger charge is -2.26. The summed E-state index contributed by atoms with van der Waals surface area (Å²) in [5.74, 6) is 0.142.